The van der Waals surface area contributed by atoms with Crippen LogP contribution in [0.3, 0.4) is 0 Å². The Kier molecular flexibility index (Phi) is 5.71. The molecular weight excluding hydrogens is 250 g/mol. The second-order valence-electron chi connectivity index (χ2n) is 3.89. The minimum Gasteiger partial charge on any atom is -0.468 e. The summed E-state index contributed by atoms with van der Waals surface area (Å²) in [6, 6.07) is 7.57. The molecule has 1 N–H and O–H groups in total. The van der Waals surface area contributed by atoms with Crippen molar-refractivity contribution >= 4 is 29.3 Å². The number of aryl methyl sites for hydroxylation is 1. The summed E-state index contributed by atoms with van der Waals surface area (Å²) >= 11 is 1.25. The van der Waals surface area contributed by atoms with E-state index >= 15 is 0 Å². The van der Waals surface area contributed by atoms with Gasteiger partial charge in [0, 0.05) is 5.69 Å². The number of anilines is 1. The number of amides is 1. The van der Waals surface area contributed by atoms with Crippen LogP contribution in [0.25, 0.3) is 0 Å². The number of hydrogen-bond acceptors (Lipinski definition) is 4. The molecule has 1 aromatic carbocycles. The third kappa shape index (κ3) is 4.79. The minimum absolute atomic E-state index is 0.124. The molecule has 1 aromatic rings. The van der Waals surface area contributed by atoms with E-state index in [2.05, 4.69) is 10.1 Å². The molecule has 0 fully saturated rings. The molecule has 0 aromatic heterocycles. The Morgan fingerprint density at radius 2 is 2.17 bits per heavy atom. The lowest BCUT2D eigenvalue weighted by Crippen LogP contribution is -2.20. The van der Waals surface area contributed by atoms with Gasteiger partial charge in [0.25, 0.3) is 0 Å². The first-order valence-electron chi connectivity index (χ1n) is 5.59. The lowest BCUT2D eigenvalue weighted by atomic mass is 10.2. The molecule has 0 bridgehead atoms. The zero-order valence-electron chi connectivity index (χ0n) is 10.7. The molecule has 1 amide bonds. The Morgan fingerprint density at radius 1 is 1.44 bits per heavy atom. The largest absolute Gasteiger partial charge is 0.468 e. The number of benzene rings is 1. The molecule has 5 heteroatoms. The van der Waals surface area contributed by atoms with E-state index in [4.69, 9.17) is 0 Å². The van der Waals surface area contributed by atoms with Crippen LogP contribution in [-0.4, -0.2) is 30.0 Å². The predicted octanol–water partition coefficient (Wildman–Crippen LogP) is 2.23. The number of nitrogens with one attached hydrogen (secondary N) is 1. The van der Waals surface area contributed by atoms with Crippen LogP contribution in [0.5, 0.6) is 0 Å². The van der Waals surface area contributed by atoms with Gasteiger partial charge >= 0.3 is 5.97 Å². The minimum atomic E-state index is -0.335. The van der Waals surface area contributed by atoms with Crippen LogP contribution in [0, 0.1) is 6.92 Å². The Balaban J connectivity index is 2.41. The van der Waals surface area contributed by atoms with Gasteiger partial charge in [-0.15, -0.1) is 11.8 Å². The lowest BCUT2D eigenvalue weighted by Gasteiger charge is -2.09. The summed E-state index contributed by atoms with van der Waals surface area (Å²) in [7, 11) is 1.34. The highest BCUT2D eigenvalue weighted by Crippen LogP contribution is 2.14. The predicted molar refractivity (Wildman–Crippen MR) is 73.7 cm³/mol. The number of carbonyl (C=O) groups is 2. The number of ether oxygens (including phenoxy) is 1. The van der Waals surface area contributed by atoms with Crippen LogP contribution in [0.15, 0.2) is 24.3 Å². The van der Waals surface area contributed by atoms with Crippen LogP contribution >= 0.6 is 11.8 Å². The van der Waals surface area contributed by atoms with Crippen LogP contribution in [0.1, 0.15) is 12.5 Å². The van der Waals surface area contributed by atoms with Gasteiger partial charge < -0.3 is 10.1 Å². The summed E-state index contributed by atoms with van der Waals surface area (Å²) in [4.78, 5) is 22.8. The molecule has 1 rings (SSSR count). The van der Waals surface area contributed by atoms with Crippen molar-refractivity contribution in [3.8, 4) is 0 Å². The molecule has 0 heterocycles. The van der Waals surface area contributed by atoms with Crippen molar-refractivity contribution in [1.29, 1.82) is 0 Å². The van der Waals surface area contributed by atoms with E-state index in [1.807, 2.05) is 31.2 Å². The number of hydrogen-bond donors (Lipinski definition) is 1. The number of methoxy groups -OCH3 is 1. The van der Waals surface area contributed by atoms with Crippen molar-refractivity contribution in [2.45, 2.75) is 19.1 Å². The first kappa shape index (κ1) is 14.6. The van der Waals surface area contributed by atoms with Gasteiger partial charge in [0.15, 0.2) is 0 Å². The maximum atomic E-state index is 11.7. The summed E-state index contributed by atoms with van der Waals surface area (Å²) in [6.07, 6.45) is 0. The number of rotatable bonds is 5. The fourth-order valence-corrected chi connectivity index (χ4v) is 2.06. The summed E-state index contributed by atoms with van der Waals surface area (Å²) in [5, 5.41) is 2.45. The highest BCUT2D eigenvalue weighted by molar-refractivity contribution is 8.01. The van der Waals surface area contributed by atoms with Crippen molar-refractivity contribution in [2.24, 2.45) is 0 Å². The SMILES string of the molecule is COC(=O)C(C)SCC(=O)Nc1cccc(C)c1. The van der Waals surface area contributed by atoms with E-state index in [9.17, 15) is 9.59 Å². The van der Waals surface area contributed by atoms with Gasteiger partial charge in [-0.05, 0) is 31.5 Å². The zero-order valence-corrected chi connectivity index (χ0v) is 11.5. The van der Waals surface area contributed by atoms with E-state index in [1.165, 1.54) is 18.9 Å². The van der Waals surface area contributed by atoms with Crippen LogP contribution in [0.2, 0.25) is 0 Å². The summed E-state index contributed by atoms with van der Waals surface area (Å²) in [5.41, 5.74) is 1.86. The van der Waals surface area contributed by atoms with Crippen LogP contribution in [0.4, 0.5) is 5.69 Å². The van der Waals surface area contributed by atoms with Crippen molar-refractivity contribution in [1.82, 2.24) is 0 Å². The lowest BCUT2D eigenvalue weighted by molar-refractivity contribution is -0.139. The Labute approximate surface area is 111 Å². The molecule has 0 saturated carbocycles. The van der Waals surface area contributed by atoms with E-state index in [1.54, 1.807) is 6.92 Å². The third-order valence-corrected chi connectivity index (χ3v) is 3.42. The van der Waals surface area contributed by atoms with Crippen molar-refractivity contribution in [3.63, 3.8) is 0 Å². The third-order valence-electron chi connectivity index (χ3n) is 2.30. The zero-order chi connectivity index (χ0) is 13.5. The van der Waals surface area contributed by atoms with Gasteiger partial charge in [-0.1, -0.05) is 12.1 Å². The molecular formula is C13H17NO3S. The molecule has 4 nitrogen and oxygen atoms in total. The topological polar surface area (TPSA) is 55.4 Å². The molecule has 0 radical (unpaired) electrons. The molecule has 18 heavy (non-hydrogen) atoms. The van der Waals surface area contributed by atoms with E-state index < -0.39 is 0 Å². The standard InChI is InChI=1S/C13H17NO3S/c1-9-5-4-6-11(7-9)14-12(15)8-18-10(2)13(16)17-3/h4-7,10H,8H2,1-3H3,(H,14,15). The maximum absolute atomic E-state index is 11.7. The van der Waals surface area contributed by atoms with Crippen molar-refractivity contribution in [2.75, 3.05) is 18.2 Å². The molecule has 98 valence electrons. The van der Waals surface area contributed by atoms with E-state index in [0.29, 0.717) is 0 Å². The maximum Gasteiger partial charge on any atom is 0.318 e. The van der Waals surface area contributed by atoms with Crippen molar-refractivity contribution in [3.05, 3.63) is 29.8 Å². The number of thioether (sulfide) groups is 1. The second-order valence-corrected chi connectivity index (χ2v) is 5.22. The van der Waals surface area contributed by atoms with Gasteiger partial charge in [-0.25, -0.2) is 0 Å². The summed E-state index contributed by atoms with van der Waals surface area (Å²) in [5.74, 6) is -0.214. The average Bonchev–Trinajstić information content (AvgIpc) is 2.35. The fraction of sp³-hybridized carbons (Fsp3) is 0.385. The molecule has 1 atom stereocenters. The summed E-state index contributed by atoms with van der Waals surface area (Å²) in [6.45, 7) is 3.68. The van der Waals surface area contributed by atoms with Gasteiger partial charge in [0.05, 0.1) is 12.9 Å². The molecule has 0 spiro atoms. The smallest absolute Gasteiger partial charge is 0.318 e. The Morgan fingerprint density at radius 3 is 2.78 bits per heavy atom. The molecule has 0 aliphatic rings. The Bertz CT molecular complexity index is 434. The van der Waals surface area contributed by atoms with Gasteiger partial charge in [-0.2, -0.15) is 0 Å². The first-order valence-corrected chi connectivity index (χ1v) is 6.63. The fourth-order valence-electron chi connectivity index (χ4n) is 1.35. The van der Waals surface area contributed by atoms with Crippen LogP contribution in [-0.2, 0) is 14.3 Å². The molecule has 0 saturated heterocycles. The second kappa shape index (κ2) is 7.06. The van der Waals surface area contributed by atoms with Gasteiger partial charge in [0.1, 0.15) is 5.25 Å². The average molecular weight is 267 g/mol. The first-order chi connectivity index (χ1) is 8.52. The van der Waals surface area contributed by atoms with Gasteiger partial charge in [-0.3, -0.25) is 9.59 Å². The van der Waals surface area contributed by atoms with E-state index in [-0.39, 0.29) is 22.9 Å². The van der Waals surface area contributed by atoms with Crippen LogP contribution < -0.4 is 5.32 Å². The summed E-state index contributed by atoms with van der Waals surface area (Å²) < 4.78 is 4.59. The number of carbonyl (C=O) groups excluding carboxylic acids is 2. The molecule has 1 unspecified atom stereocenters. The van der Waals surface area contributed by atoms with E-state index in [0.717, 1.165) is 11.3 Å². The number of esters is 1. The molecule has 0 aliphatic heterocycles. The molecule has 0 aliphatic carbocycles. The van der Waals surface area contributed by atoms with Gasteiger partial charge in [0.2, 0.25) is 5.91 Å². The normalized spacial score (nSPS) is 11.7. The monoisotopic (exact) mass is 267 g/mol. The van der Waals surface area contributed by atoms with Crippen molar-refractivity contribution < 1.29 is 14.3 Å². The highest BCUT2D eigenvalue weighted by atomic mass is 32.2. The highest BCUT2D eigenvalue weighted by Gasteiger charge is 2.15. The quantitative estimate of drug-likeness (QED) is 0.831. The Hall–Kier alpha value is -1.49.